The molecule has 0 aliphatic carbocycles. The molecule has 2 unspecified atom stereocenters. The van der Waals surface area contributed by atoms with Crippen molar-refractivity contribution in [3.05, 3.63) is 35.9 Å². The fourth-order valence-electron chi connectivity index (χ4n) is 3.00. The molecule has 1 saturated heterocycles. The minimum absolute atomic E-state index is 0.0876. The quantitative estimate of drug-likeness (QED) is 0.831. The summed E-state index contributed by atoms with van der Waals surface area (Å²) in [6.45, 7) is 4.05. The minimum atomic E-state index is -0.268. The lowest BCUT2D eigenvalue weighted by Crippen LogP contribution is -2.51. The first-order valence-corrected chi connectivity index (χ1v) is 6.43. The van der Waals surface area contributed by atoms with Crippen molar-refractivity contribution in [2.45, 2.75) is 33.1 Å². The summed E-state index contributed by atoms with van der Waals surface area (Å²) in [5.41, 5.74) is 0.913. The fourth-order valence-corrected chi connectivity index (χ4v) is 3.00. The number of hydrogen-bond acceptors (Lipinski definition) is 2. The normalized spacial score (nSPS) is 28.0. The molecular formula is C15H19NO2. The van der Waals surface area contributed by atoms with Gasteiger partial charge in [-0.15, -0.1) is 0 Å². The Kier molecular flexibility index (Phi) is 3.50. The monoisotopic (exact) mass is 245 g/mol. The summed E-state index contributed by atoms with van der Waals surface area (Å²) in [5, 5.41) is 2.44. The molecule has 1 heterocycles. The molecule has 0 bridgehead atoms. The SMILES string of the molecule is CCC1C(=O)NC(=O)CC1(C)Cc1ccccc1. The second kappa shape index (κ2) is 4.92. The second-order valence-corrected chi connectivity index (χ2v) is 5.37. The Balaban J connectivity index is 2.26. The third-order valence-electron chi connectivity index (χ3n) is 3.84. The Morgan fingerprint density at radius 2 is 1.94 bits per heavy atom. The molecular weight excluding hydrogens is 226 g/mol. The number of piperidine rings is 1. The van der Waals surface area contributed by atoms with E-state index in [0.717, 1.165) is 12.8 Å². The van der Waals surface area contributed by atoms with Crippen LogP contribution in [0.3, 0.4) is 0 Å². The van der Waals surface area contributed by atoms with Crippen LogP contribution in [0.5, 0.6) is 0 Å². The van der Waals surface area contributed by atoms with E-state index >= 15 is 0 Å². The number of amides is 2. The molecule has 2 amide bonds. The third-order valence-corrected chi connectivity index (χ3v) is 3.84. The van der Waals surface area contributed by atoms with Gasteiger partial charge < -0.3 is 0 Å². The summed E-state index contributed by atoms with van der Waals surface area (Å²) in [5.74, 6) is -0.356. The smallest absolute Gasteiger partial charge is 0.230 e. The van der Waals surface area contributed by atoms with Gasteiger partial charge in [0, 0.05) is 12.3 Å². The highest BCUT2D eigenvalue weighted by Crippen LogP contribution is 2.39. The number of imide groups is 1. The lowest BCUT2D eigenvalue weighted by Gasteiger charge is -2.39. The molecule has 2 atom stereocenters. The van der Waals surface area contributed by atoms with Crippen molar-refractivity contribution in [2.24, 2.45) is 11.3 Å². The highest BCUT2D eigenvalue weighted by atomic mass is 16.2. The van der Waals surface area contributed by atoms with Crippen LogP contribution in [0.25, 0.3) is 0 Å². The first-order chi connectivity index (χ1) is 8.55. The third kappa shape index (κ3) is 2.45. The number of rotatable bonds is 3. The number of benzene rings is 1. The van der Waals surface area contributed by atoms with Crippen LogP contribution >= 0.6 is 0 Å². The van der Waals surface area contributed by atoms with Gasteiger partial charge in [0.25, 0.3) is 0 Å². The van der Waals surface area contributed by atoms with Gasteiger partial charge >= 0.3 is 0 Å². The fraction of sp³-hybridized carbons (Fsp3) is 0.467. The number of carbonyl (C=O) groups is 2. The van der Waals surface area contributed by atoms with E-state index in [-0.39, 0.29) is 23.1 Å². The van der Waals surface area contributed by atoms with Crippen molar-refractivity contribution in [3.8, 4) is 0 Å². The largest absolute Gasteiger partial charge is 0.296 e. The Morgan fingerprint density at radius 1 is 1.28 bits per heavy atom. The summed E-state index contributed by atoms with van der Waals surface area (Å²) in [6, 6.07) is 10.1. The highest BCUT2D eigenvalue weighted by Gasteiger charge is 2.43. The summed E-state index contributed by atoms with van der Waals surface area (Å²) in [4.78, 5) is 23.5. The molecule has 1 aromatic rings. The van der Waals surface area contributed by atoms with Crippen LogP contribution in [-0.2, 0) is 16.0 Å². The van der Waals surface area contributed by atoms with Crippen LogP contribution in [0, 0.1) is 11.3 Å². The van der Waals surface area contributed by atoms with Crippen LogP contribution in [0.2, 0.25) is 0 Å². The van der Waals surface area contributed by atoms with Gasteiger partial charge in [-0.3, -0.25) is 14.9 Å². The Labute approximate surface area is 108 Å². The lowest BCUT2D eigenvalue weighted by molar-refractivity contribution is -0.143. The van der Waals surface area contributed by atoms with Gasteiger partial charge in [0.05, 0.1) is 0 Å². The van der Waals surface area contributed by atoms with Crippen LogP contribution in [0.4, 0.5) is 0 Å². The van der Waals surface area contributed by atoms with E-state index < -0.39 is 0 Å². The van der Waals surface area contributed by atoms with Crippen LogP contribution in [-0.4, -0.2) is 11.8 Å². The summed E-state index contributed by atoms with van der Waals surface area (Å²) in [7, 11) is 0. The standard InChI is InChI=1S/C15H19NO2/c1-3-12-14(18)16-13(17)10-15(12,2)9-11-7-5-4-6-8-11/h4-8,12H,3,9-10H2,1-2H3,(H,16,17,18). The topological polar surface area (TPSA) is 46.2 Å². The van der Waals surface area contributed by atoms with E-state index in [1.54, 1.807) is 0 Å². The number of hydrogen-bond donors (Lipinski definition) is 1. The van der Waals surface area contributed by atoms with Gasteiger partial charge in [-0.25, -0.2) is 0 Å². The zero-order valence-corrected chi connectivity index (χ0v) is 10.9. The minimum Gasteiger partial charge on any atom is -0.296 e. The molecule has 0 radical (unpaired) electrons. The Morgan fingerprint density at radius 3 is 2.56 bits per heavy atom. The first-order valence-electron chi connectivity index (χ1n) is 6.43. The van der Waals surface area contributed by atoms with Crippen LogP contribution in [0.1, 0.15) is 32.3 Å². The molecule has 3 heteroatoms. The van der Waals surface area contributed by atoms with Gasteiger partial charge in [0.2, 0.25) is 11.8 Å². The molecule has 1 aromatic carbocycles. The first kappa shape index (κ1) is 12.8. The highest BCUT2D eigenvalue weighted by molar-refractivity contribution is 5.99. The second-order valence-electron chi connectivity index (χ2n) is 5.37. The van der Waals surface area contributed by atoms with Crippen molar-refractivity contribution in [2.75, 3.05) is 0 Å². The van der Waals surface area contributed by atoms with E-state index in [1.165, 1.54) is 5.56 Å². The van der Waals surface area contributed by atoms with Crippen LogP contribution < -0.4 is 5.32 Å². The average Bonchev–Trinajstić information content (AvgIpc) is 2.28. The summed E-state index contributed by atoms with van der Waals surface area (Å²) >= 11 is 0. The van der Waals surface area contributed by atoms with Gasteiger partial charge in [0.15, 0.2) is 0 Å². The molecule has 1 aliphatic heterocycles. The predicted molar refractivity (Wildman–Crippen MR) is 69.8 cm³/mol. The molecule has 0 saturated carbocycles. The summed E-state index contributed by atoms with van der Waals surface area (Å²) < 4.78 is 0. The van der Waals surface area contributed by atoms with Crippen molar-refractivity contribution in [1.29, 1.82) is 0 Å². The van der Waals surface area contributed by atoms with E-state index in [0.29, 0.717) is 6.42 Å². The predicted octanol–water partition coefficient (Wildman–Crippen LogP) is 2.31. The number of carbonyl (C=O) groups excluding carboxylic acids is 2. The molecule has 0 aromatic heterocycles. The average molecular weight is 245 g/mol. The maximum atomic E-state index is 11.9. The molecule has 18 heavy (non-hydrogen) atoms. The van der Waals surface area contributed by atoms with Gasteiger partial charge in [-0.05, 0) is 23.8 Å². The van der Waals surface area contributed by atoms with Gasteiger partial charge in [-0.2, -0.15) is 0 Å². The zero-order valence-electron chi connectivity index (χ0n) is 10.9. The van der Waals surface area contributed by atoms with E-state index in [1.807, 2.05) is 32.0 Å². The molecule has 2 rings (SSSR count). The van der Waals surface area contributed by atoms with Crippen molar-refractivity contribution in [3.63, 3.8) is 0 Å². The lowest BCUT2D eigenvalue weighted by atomic mass is 9.67. The van der Waals surface area contributed by atoms with Crippen molar-refractivity contribution >= 4 is 11.8 Å². The van der Waals surface area contributed by atoms with E-state index in [9.17, 15) is 9.59 Å². The van der Waals surface area contributed by atoms with Crippen LogP contribution in [0.15, 0.2) is 30.3 Å². The maximum Gasteiger partial charge on any atom is 0.230 e. The van der Waals surface area contributed by atoms with Gasteiger partial charge in [-0.1, -0.05) is 44.2 Å². The van der Waals surface area contributed by atoms with E-state index in [4.69, 9.17) is 0 Å². The summed E-state index contributed by atoms with van der Waals surface area (Å²) in [6.07, 6.45) is 1.96. The maximum absolute atomic E-state index is 11.9. The van der Waals surface area contributed by atoms with E-state index in [2.05, 4.69) is 17.4 Å². The number of nitrogens with one attached hydrogen (secondary N) is 1. The van der Waals surface area contributed by atoms with Crippen molar-refractivity contribution in [1.82, 2.24) is 5.32 Å². The molecule has 1 aliphatic rings. The molecule has 3 nitrogen and oxygen atoms in total. The molecule has 96 valence electrons. The molecule has 0 spiro atoms. The van der Waals surface area contributed by atoms with Gasteiger partial charge in [0.1, 0.15) is 0 Å². The Bertz CT molecular complexity index is 455. The van der Waals surface area contributed by atoms with Crippen molar-refractivity contribution < 1.29 is 9.59 Å². The molecule has 1 fully saturated rings. The Hall–Kier alpha value is -1.64. The zero-order chi connectivity index (χ0) is 13.2. The molecule has 1 N–H and O–H groups in total.